The average molecular weight is 546 g/mol. The van der Waals surface area contributed by atoms with Crippen LogP contribution in [-0.4, -0.2) is 50.0 Å². The van der Waals surface area contributed by atoms with Crippen LogP contribution >= 0.6 is 23.2 Å². The van der Waals surface area contributed by atoms with Crippen LogP contribution in [-0.2, 0) is 26.2 Å². The zero-order valence-electron chi connectivity index (χ0n) is 20.1. The summed E-state index contributed by atoms with van der Waals surface area (Å²) in [4.78, 5) is 28.0. The van der Waals surface area contributed by atoms with Crippen LogP contribution in [0.25, 0.3) is 0 Å². The summed E-state index contributed by atoms with van der Waals surface area (Å²) in [7, 11) is -3.95. The number of halogens is 3. The zero-order chi connectivity index (χ0) is 26.3. The summed E-state index contributed by atoms with van der Waals surface area (Å²) in [5.74, 6) is -1.69. The maximum absolute atomic E-state index is 13.7. The molecular weight excluding hydrogens is 516 g/mol. The van der Waals surface area contributed by atoms with Gasteiger partial charge in [-0.3, -0.25) is 13.9 Å². The van der Waals surface area contributed by atoms with Crippen LogP contribution in [0.4, 0.5) is 10.1 Å². The van der Waals surface area contributed by atoms with Gasteiger partial charge in [-0.1, -0.05) is 55.2 Å². The predicted octanol–water partition coefficient (Wildman–Crippen LogP) is 4.62. The highest BCUT2D eigenvalue weighted by atomic mass is 35.5. The summed E-state index contributed by atoms with van der Waals surface area (Å²) in [5.41, 5.74) is 0.634. The van der Waals surface area contributed by atoms with Crippen LogP contribution < -0.4 is 9.62 Å². The molecule has 0 spiro atoms. The number of amides is 2. The second-order valence-corrected chi connectivity index (χ2v) is 10.9. The molecule has 0 fully saturated rings. The lowest BCUT2D eigenvalue weighted by Gasteiger charge is -2.33. The topological polar surface area (TPSA) is 86.8 Å². The van der Waals surface area contributed by atoms with Crippen LogP contribution in [0.5, 0.6) is 0 Å². The lowest BCUT2D eigenvalue weighted by molar-refractivity contribution is -0.140. The number of anilines is 1. The molecule has 0 aromatic heterocycles. The van der Waals surface area contributed by atoms with Crippen LogP contribution in [0, 0.1) is 5.82 Å². The Labute approximate surface area is 216 Å². The van der Waals surface area contributed by atoms with E-state index >= 15 is 0 Å². The first-order chi connectivity index (χ1) is 16.4. The maximum Gasteiger partial charge on any atom is 0.244 e. The molecule has 2 aromatic rings. The van der Waals surface area contributed by atoms with E-state index in [1.54, 1.807) is 31.2 Å². The predicted molar refractivity (Wildman–Crippen MR) is 138 cm³/mol. The minimum absolute atomic E-state index is 0.00723. The monoisotopic (exact) mass is 545 g/mol. The van der Waals surface area contributed by atoms with E-state index < -0.39 is 34.3 Å². The Hall–Kier alpha value is -2.36. The Balaban J connectivity index is 2.47. The molecule has 0 radical (unpaired) electrons. The molecule has 2 amide bonds. The van der Waals surface area contributed by atoms with Crippen molar-refractivity contribution in [3.8, 4) is 0 Å². The van der Waals surface area contributed by atoms with E-state index in [0.717, 1.165) is 22.7 Å². The van der Waals surface area contributed by atoms with Crippen molar-refractivity contribution in [2.45, 2.75) is 52.2 Å². The maximum atomic E-state index is 13.7. The van der Waals surface area contributed by atoms with Crippen LogP contribution in [0.1, 0.15) is 39.2 Å². The van der Waals surface area contributed by atoms with Crippen molar-refractivity contribution >= 4 is 50.7 Å². The number of nitrogens with zero attached hydrogens (tertiary/aromatic N) is 2. The van der Waals surface area contributed by atoms with Crippen molar-refractivity contribution in [3.05, 3.63) is 63.9 Å². The number of sulfonamides is 1. The Morgan fingerprint density at radius 3 is 2.26 bits per heavy atom. The van der Waals surface area contributed by atoms with Crippen molar-refractivity contribution in [1.29, 1.82) is 0 Å². The smallest absolute Gasteiger partial charge is 0.244 e. The van der Waals surface area contributed by atoms with Crippen molar-refractivity contribution in [3.63, 3.8) is 0 Å². The third-order valence-electron chi connectivity index (χ3n) is 5.56. The molecule has 0 saturated carbocycles. The van der Waals surface area contributed by atoms with E-state index in [0.29, 0.717) is 23.4 Å². The Bertz CT molecular complexity index is 1160. The first-order valence-corrected chi connectivity index (χ1v) is 13.7. The van der Waals surface area contributed by atoms with Crippen molar-refractivity contribution in [2.24, 2.45) is 0 Å². The summed E-state index contributed by atoms with van der Waals surface area (Å²) >= 11 is 12.2. The van der Waals surface area contributed by atoms with Gasteiger partial charge in [0.05, 0.1) is 17.0 Å². The van der Waals surface area contributed by atoms with Crippen molar-refractivity contribution in [2.75, 3.05) is 17.1 Å². The van der Waals surface area contributed by atoms with Gasteiger partial charge in [-0.05, 0) is 49.6 Å². The lowest BCUT2D eigenvalue weighted by Crippen LogP contribution is -2.53. The Morgan fingerprint density at radius 1 is 1.06 bits per heavy atom. The van der Waals surface area contributed by atoms with Gasteiger partial charge in [-0.15, -0.1) is 0 Å². The third-order valence-corrected chi connectivity index (χ3v) is 7.35. The van der Waals surface area contributed by atoms with Gasteiger partial charge >= 0.3 is 0 Å². The van der Waals surface area contributed by atoms with Gasteiger partial charge in [0.2, 0.25) is 21.8 Å². The summed E-state index contributed by atoms with van der Waals surface area (Å²) in [6.45, 7) is 4.93. The fourth-order valence-electron chi connectivity index (χ4n) is 3.42. The van der Waals surface area contributed by atoms with Crippen LogP contribution in [0.2, 0.25) is 10.0 Å². The second kappa shape index (κ2) is 12.6. The largest absolute Gasteiger partial charge is 0.352 e. The number of carbonyl (C=O) groups is 2. The van der Waals surface area contributed by atoms with Gasteiger partial charge in [0, 0.05) is 17.6 Å². The van der Waals surface area contributed by atoms with Gasteiger partial charge in [0.25, 0.3) is 0 Å². The molecule has 0 bridgehead atoms. The van der Waals surface area contributed by atoms with Gasteiger partial charge in [0.15, 0.2) is 0 Å². The first-order valence-electron chi connectivity index (χ1n) is 11.1. The van der Waals surface area contributed by atoms with Gasteiger partial charge in [-0.25, -0.2) is 12.8 Å². The highest BCUT2D eigenvalue weighted by molar-refractivity contribution is 7.92. The molecule has 35 heavy (non-hydrogen) atoms. The van der Waals surface area contributed by atoms with E-state index in [4.69, 9.17) is 23.2 Å². The molecule has 192 valence electrons. The normalized spacial score (nSPS) is 13.1. The minimum atomic E-state index is -3.95. The number of nitrogens with one attached hydrogen (secondary N) is 1. The van der Waals surface area contributed by atoms with E-state index in [1.807, 2.05) is 13.8 Å². The molecule has 0 heterocycles. The van der Waals surface area contributed by atoms with Crippen molar-refractivity contribution < 1.29 is 22.4 Å². The van der Waals surface area contributed by atoms with E-state index in [9.17, 15) is 22.4 Å². The van der Waals surface area contributed by atoms with E-state index in [-0.39, 0.29) is 29.2 Å². The summed E-state index contributed by atoms with van der Waals surface area (Å²) < 4.78 is 39.7. The number of hydrogen-bond acceptors (Lipinski definition) is 4. The number of carbonyl (C=O) groups excluding carboxylic acids is 2. The number of hydrogen-bond donors (Lipinski definition) is 1. The summed E-state index contributed by atoms with van der Waals surface area (Å²) in [6, 6.07) is 9.31. The molecule has 2 rings (SSSR count). The van der Waals surface area contributed by atoms with Crippen LogP contribution in [0.3, 0.4) is 0 Å². The lowest BCUT2D eigenvalue weighted by atomic mass is 10.1. The molecule has 2 aromatic carbocycles. The third kappa shape index (κ3) is 7.81. The second-order valence-electron chi connectivity index (χ2n) is 8.22. The molecule has 0 aliphatic rings. The Morgan fingerprint density at radius 2 is 1.71 bits per heavy atom. The summed E-state index contributed by atoms with van der Waals surface area (Å²) in [5, 5.41) is 3.02. The fraction of sp³-hybridized carbons (Fsp3) is 0.417. The van der Waals surface area contributed by atoms with E-state index in [1.165, 1.54) is 11.0 Å². The standard InChI is InChI=1S/C24H30Cl2FN3O4S/c1-5-16(3)28-24(32)22(6-2)29(14-17-9-7-8-10-19(17)25)23(31)15-30(35(4,33)34)18-11-12-21(27)20(26)13-18/h7-13,16,22H,5-6,14-15H2,1-4H3,(H,28,32). The highest BCUT2D eigenvalue weighted by Gasteiger charge is 2.32. The zero-order valence-corrected chi connectivity index (χ0v) is 22.4. The van der Waals surface area contributed by atoms with E-state index in [2.05, 4.69) is 5.32 Å². The number of rotatable bonds is 11. The molecule has 2 unspecified atom stereocenters. The molecule has 7 nitrogen and oxygen atoms in total. The highest BCUT2D eigenvalue weighted by Crippen LogP contribution is 2.26. The average Bonchev–Trinajstić information content (AvgIpc) is 2.79. The Kier molecular flexibility index (Phi) is 10.4. The van der Waals surface area contributed by atoms with Crippen molar-refractivity contribution in [1.82, 2.24) is 10.2 Å². The SMILES string of the molecule is CCC(C)NC(=O)C(CC)N(Cc1ccccc1Cl)C(=O)CN(c1ccc(F)c(Cl)c1)S(C)(=O)=O. The molecule has 0 aliphatic carbocycles. The molecule has 1 N–H and O–H groups in total. The fourth-order valence-corrected chi connectivity index (χ4v) is 4.64. The quantitative estimate of drug-likeness (QED) is 0.446. The molecule has 0 aliphatic heterocycles. The van der Waals surface area contributed by atoms with Gasteiger partial charge < -0.3 is 10.2 Å². The molecular formula is C24H30Cl2FN3O4S. The first kappa shape index (κ1) is 28.9. The molecule has 11 heteroatoms. The minimum Gasteiger partial charge on any atom is -0.352 e. The van der Waals surface area contributed by atoms with Crippen LogP contribution in [0.15, 0.2) is 42.5 Å². The number of benzene rings is 2. The van der Waals surface area contributed by atoms with Gasteiger partial charge in [0.1, 0.15) is 18.4 Å². The molecule has 0 saturated heterocycles. The molecule has 2 atom stereocenters. The van der Waals surface area contributed by atoms with Gasteiger partial charge in [-0.2, -0.15) is 0 Å². The summed E-state index contributed by atoms with van der Waals surface area (Å²) in [6.07, 6.45) is 1.93.